The number of aliphatic carboxylic acids is 1. The van der Waals surface area contributed by atoms with E-state index in [0.29, 0.717) is 28.9 Å². The monoisotopic (exact) mass is 854 g/mol. The van der Waals surface area contributed by atoms with E-state index in [1.54, 1.807) is 12.1 Å². The third-order valence-corrected chi connectivity index (χ3v) is 13.7. The van der Waals surface area contributed by atoms with E-state index in [1.807, 2.05) is 13.1 Å². The number of carbonyl (C=O) groups is 1. The fourth-order valence-corrected chi connectivity index (χ4v) is 10.6. The smallest absolute Gasteiger partial charge is 0.335 e. The van der Waals surface area contributed by atoms with Gasteiger partial charge in [0, 0.05) is 23.7 Å². The van der Waals surface area contributed by atoms with Crippen molar-refractivity contribution in [1.29, 1.82) is 0 Å². The Labute approximate surface area is 357 Å². The number of ether oxygens (including phenoxy) is 2. The molecule has 4 aromatic rings. The summed E-state index contributed by atoms with van der Waals surface area (Å²) in [4.78, 5) is 29.6. The van der Waals surface area contributed by atoms with Crippen LogP contribution in [0.25, 0.3) is 33.9 Å². The Hall–Kier alpha value is -5.65. The van der Waals surface area contributed by atoms with Crippen LogP contribution in [0.15, 0.2) is 68.8 Å². The van der Waals surface area contributed by atoms with Crippen LogP contribution in [0.2, 0.25) is 0 Å². The summed E-state index contributed by atoms with van der Waals surface area (Å²) in [6, 6.07) is 15.7. The molecule has 1 aromatic heterocycles. The molecule has 16 heteroatoms. The summed E-state index contributed by atoms with van der Waals surface area (Å²) in [5, 5.41) is 79.5. The van der Waals surface area contributed by atoms with Gasteiger partial charge in [-0.15, -0.1) is 0 Å². The molecule has 1 aliphatic heterocycles. The van der Waals surface area contributed by atoms with E-state index < -0.39 is 76.7 Å². The molecule has 4 aliphatic rings. The molecule has 3 aliphatic carbocycles. The molecule has 11 atom stereocenters. The number of hydrogen-bond donors (Lipinski definition) is 10. The maximum atomic E-state index is 13.9. The minimum Gasteiger partial charge on any atom is -0.508 e. The molecule has 3 fully saturated rings. The first kappa shape index (κ1) is 43.0. The molecular weight excluding hydrogens is 801 g/mol. The number of aliphatic imine (C=N–C) groups is 1. The van der Waals surface area contributed by atoms with Crippen LogP contribution in [0.5, 0.6) is 23.0 Å². The van der Waals surface area contributed by atoms with Gasteiger partial charge in [0.1, 0.15) is 40.3 Å². The Morgan fingerprint density at radius 3 is 2.47 bits per heavy atom. The number of phenolic OH excluding ortho intramolecular Hbond substituents is 3. The number of nitrogens with zero attached hydrogens (tertiary/aromatic N) is 1. The zero-order valence-corrected chi connectivity index (χ0v) is 34.6. The Balaban J connectivity index is 1.21. The zero-order chi connectivity index (χ0) is 44.4. The SMILES string of the molecule is CN[C@H]1C[C@@H](CCC(C)C)[C@H]2C[C@@H]1[C@H]1C(c3cc(O)ccc3-c3cc(=O)c4c(O)c(O)c(O[C@@H]5O[C@H](C(=O)O)[C@@H](O)[C@@](O)(CN=C(N)N)[C@H]5O)cc4o3)=Cc3ccccc3[C@@H]1C2. The number of hydrogen-bond acceptors (Lipinski definition) is 13. The van der Waals surface area contributed by atoms with Crippen molar-refractivity contribution in [2.45, 2.75) is 88.1 Å². The number of phenols is 3. The van der Waals surface area contributed by atoms with Crippen molar-refractivity contribution in [3.63, 3.8) is 0 Å². The molecule has 16 nitrogen and oxygen atoms in total. The van der Waals surface area contributed by atoms with Gasteiger partial charge in [-0.05, 0) is 109 Å². The van der Waals surface area contributed by atoms with Gasteiger partial charge >= 0.3 is 5.97 Å². The van der Waals surface area contributed by atoms with Gasteiger partial charge in [-0.2, -0.15) is 0 Å². The maximum Gasteiger partial charge on any atom is 0.335 e. The number of rotatable bonds is 11. The molecular formula is C46H54N4O12. The molecule has 0 amide bonds. The number of guanidine groups is 1. The Bertz CT molecular complexity index is 2500. The van der Waals surface area contributed by atoms with E-state index in [9.17, 15) is 45.3 Å². The van der Waals surface area contributed by atoms with E-state index in [1.165, 1.54) is 30.5 Å². The summed E-state index contributed by atoms with van der Waals surface area (Å²) in [6.45, 7) is 3.68. The van der Waals surface area contributed by atoms with Crippen LogP contribution < -0.4 is 26.9 Å². The molecule has 12 N–H and O–H groups in total. The highest BCUT2D eigenvalue weighted by atomic mass is 16.7. The highest BCUT2D eigenvalue weighted by Gasteiger charge is 2.58. The van der Waals surface area contributed by atoms with E-state index in [0.717, 1.165) is 36.5 Å². The topological polar surface area (TPSA) is 284 Å². The number of aliphatic hydroxyl groups excluding tert-OH is 2. The minimum atomic E-state index is -2.73. The van der Waals surface area contributed by atoms with Crippen molar-refractivity contribution in [2.75, 3.05) is 13.6 Å². The predicted octanol–water partition coefficient (Wildman–Crippen LogP) is 3.82. The molecule has 2 heterocycles. The lowest BCUT2D eigenvalue weighted by molar-refractivity contribution is -0.303. The number of nitrogens with two attached hydrogens (primary N) is 2. The first-order chi connectivity index (χ1) is 29.5. The summed E-state index contributed by atoms with van der Waals surface area (Å²) in [5.41, 5.74) is 11.5. The number of allylic oxidation sites excluding steroid dienone is 1. The number of carboxylic acid groups (broad SMARTS) is 1. The van der Waals surface area contributed by atoms with Crippen molar-refractivity contribution < 1.29 is 54.4 Å². The van der Waals surface area contributed by atoms with Crippen molar-refractivity contribution in [3.8, 4) is 34.3 Å². The molecule has 1 saturated heterocycles. The van der Waals surface area contributed by atoms with Gasteiger partial charge in [0.05, 0.1) is 6.54 Å². The van der Waals surface area contributed by atoms with Crippen LogP contribution in [0.1, 0.15) is 68.6 Å². The molecule has 0 unspecified atom stereocenters. The molecule has 0 spiro atoms. The normalized spacial score (nSPS) is 30.3. The first-order valence-electron chi connectivity index (χ1n) is 21.0. The third-order valence-electron chi connectivity index (χ3n) is 13.7. The lowest BCUT2D eigenvalue weighted by atomic mass is 9.52. The highest BCUT2D eigenvalue weighted by Crippen LogP contribution is 2.60. The molecule has 62 heavy (non-hydrogen) atoms. The molecule has 8 rings (SSSR count). The summed E-state index contributed by atoms with van der Waals surface area (Å²) in [7, 11) is 2.03. The largest absolute Gasteiger partial charge is 0.508 e. The lowest BCUT2D eigenvalue weighted by Gasteiger charge is -2.54. The van der Waals surface area contributed by atoms with Crippen molar-refractivity contribution in [3.05, 3.63) is 81.5 Å². The van der Waals surface area contributed by atoms with E-state index in [4.69, 9.17) is 25.4 Å². The molecule has 2 bridgehead atoms. The third kappa shape index (κ3) is 7.53. The van der Waals surface area contributed by atoms with Gasteiger partial charge in [-0.25, -0.2) is 4.79 Å². The average Bonchev–Trinajstić information content (AvgIpc) is 3.23. The maximum absolute atomic E-state index is 13.9. The van der Waals surface area contributed by atoms with Crippen LogP contribution >= 0.6 is 0 Å². The van der Waals surface area contributed by atoms with E-state index in [2.05, 4.69) is 48.4 Å². The molecule has 0 radical (unpaired) electrons. The Morgan fingerprint density at radius 1 is 1.00 bits per heavy atom. The fourth-order valence-electron chi connectivity index (χ4n) is 10.6. The Kier molecular flexibility index (Phi) is 11.5. The second kappa shape index (κ2) is 16.6. The quantitative estimate of drug-likeness (QED) is 0.0583. The highest BCUT2D eigenvalue weighted by molar-refractivity contribution is 5.94. The van der Waals surface area contributed by atoms with Crippen molar-refractivity contribution in [1.82, 2.24) is 5.32 Å². The van der Waals surface area contributed by atoms with Gasteiger partial charge in [-0.3, -0.25) is 9.79 Å². The van der Waals surface area contributed by atoms with Gasteiger partial charge in [0.25, 0.3) is 0 Å². The van der Waals surface area contributed by atoms with Crippen LogP contribution in [-0.4, -0.2) is 97.5 Å². The van der Waals surface area contributed by atoms with E-state index >= 15 is 0 Å². The van der Waals surface area contributed by atoms with Crippen LogP contribution in [0.4, 0.5) is 0 Å². The second-order valence-corrected chi connectivity index (χ2v) is 17.8. The fraction of sp³-hybridized carbons (Fsp3) is 0.457. The summed E-state index contributed by atoms with van der Waals surface area (Å²) in [6.07, 6.45) is -1.05. The van der Waals surface area contributed by atoms with Gasteiger partial charge < -0.3 is 66.4 Å². The second-order valence-electron chi connectivity index (χ2n) is 17.8. The van der Waals surface area contributed by atoms with Gasteiger partial charge in [0.15, 0.2) is 29.0 Å². The predicted molar refractivity (Wildman–Crippen MR) is 229 cm³/mol. The minimum absolute atomic E-state index is 0.00770. The van der Waals surface area contributed by atoms with Gasteiger partial charge in [-0.1, -0.05) is 50.6 Å². The zero-order valence-electron chi connectivity index (χ0n) is 34.6. The average molecular weight is 855 g/mol. The number of aromatic hydroxyl groups is 3. The van der Waals surface area contributed by atoms with Crippen LogP contribution in [0.3, 0.4) is 0 Å². The van der Waals surface area contributed by atoms with Crippen LogP contribution in [0, 0.1) is 29.6 Å². The summed E-state index contributed by atoms with van der Waals surface area (Å²) >= 11 is 0. The standard InChI is InChI=1S/C46H54N4O12/c1-20(2)8-9-21-15-31(49-3)30-14-23(21)13-28-25-7-5-4-6-22(25)12-29(36(28)30)27-16-24(51)10-11-26(27)33-17-32(52)37-34(60-33)18-35(38(53)39(37)54)61-44-42(56)46(59,19-50-45(47)48)41(55)40(62-44)43(57)58/h4-7,10-12,16-18,20-21,23,28,30-31,36,40-42,44,49,51,53-56,59H,8-9,13-15,19H2,1-3H3,(H,57,58)(H4,47,48,50)/t21-,23-,28+,30+,31+,36-,40+,41-,42+,44-,46+/m1/s1. The molecule has 3 aromatic carbocycles. The lowest BCUT2D eigenvalue weighted by Crippen LogP contribution is -2.70. The number of fused-ring (bicyclic) bond motifs is 7. The van der Waals surface area contributed by atoms with Gasteiger partial charge in [0.2, 0.25) is 12.0 Å². The first-order valence-corrected chi connectivity index (χ1v) is 21.0. The number of aliphatic hydroxyl groups is 3. The Morgan fingerprint density at radius 2 is 1.76 bits per heavy atom. The summed E-state index contributed by atoms with van der Waals surface area (Å²) in [5.74, 6) is -2.46. The van der Waals surface area contributed by atoms with Crippen molar-refractivity contribution >= 4 is 34.5 Å². The van der Waals surface area contributed by atoms with Crippen LogP contribution in [-0.2, 0) is 9.53 Å². The van der Waals surface area contributed by atoms with E-state index in [-0.39, 0.29) is 40.9 Å². The number of nitrogens with one attached hydrogen (secondary N) is 1. The number of benzene rings is 3. The van der Waals surface area contributed by atoms with Crippen molar-refractivity contribution in [2.24, 2.45) is 46.0 Å². The molecule has 330 valence electrons. The molecule has 2 saturated carbocycles. The number of carboxylic acids is 1. The summed E-state index contributed by atoms with van der Waals surface area (Å²) < 4.78 is 17.4.